The topological polar surface area (TPSA) is 58.4 Å². The van der Waals surface area contributed by atoms with E-state index in [4.69, 9.17) is 16.6 Å². The van der Waals surface area contributed by atoms with Gasteiger partial charge in [0.1, 0.15) is 5.82 Å². The number of piperidine rings is 1. The average molecular weight is 476 g/mol. The normalized spacial score (nSPS) is 22.7. The molecule has 5 nitrogen and oxygen atoms in total. The lowest BCUT2D eigenvalue weighted by atomic mass is 9.61. The van der Waals surface area contributed by atoms with Gasteiger partial charge in [-0.15, -0.1) is 0 Å². The predicted octanol–water partition coefficient (Wildman–Crippen LogP) is 5.34. The van der Waals surface area contributed by atoms with Gasteiger partial charge in [-0.05, 0) is 79.8 Å². The molecule has 3 fully saturated rings. The van der Waals surface area contributed by atoms with Crippen molar-refractivity contribution in [1.29, 1.82) is 0 Å². The van der Waals surface area contributed by atoms with Crippen LogP contribution >= 0.6 is 11.6 Å². The van der Waals surface area contributed by atoms with Crippen LogP contribution in [0.5, 0.6) is 0 Å². The van der Waals surface area contributed by atoms with Gasteiger partial charge in [0.15, 0.2) is 0 Å². The molecule has 6 heteroatoms. The fraction of sp³-hybridized carbons (Fsp3) is 0.500. The van der Waals surface area contributed by atoms with Crippen LogP contribution in [-0.2, 0) is 5.41 Å². The maximum atomic E-state index is 13.1. The first-order valence-electron chi connectivity index (χ1n) is 12.8. The molecule has 176 valence electrons. The molecule has 0 amide bonds. The summed E-state index contributed by atoms with van der Waals surface area (Å²) in [6.07, 6.45) is 9.78. The number of aliphatic hydroxyl groups excluding tert-OH is 1. The maximum absolute atomic E-state index is 13.1. The minimum absolute atomic E-state index is 0.0880. The molecule has 1 saturated heterocycles. The molecule has 34 heavy (non-hydrogen) atoms. The van der Waals surface area contributed by atoms with Gasteiger partial charge in [-0.25, -0.2) is 0 Å². The Morgan fingerprint density at radius 2 is 1.76 bits per heavy atom. The first-order valence-corrected chi connectivity index (χ1v) is 13.2. The highest BCUT2D eigenvalue weighted by Gasteiger charge is 2.48. The second-order valence-electron chi connectivity index (χ2n) is 11.1. The van der Waals surface area contributed by atoms with Crippen molar-refractivity contribution in [2.75, 3.05) is 18.0 Å². The van der Waals surface area contributed by atoms with Crippen molar-refractivity contribution in [3.05, 3.63) is 63.2 Å². The van der Waals surface area contributed by atoms with E-state index in [9.17, 15) is 9.90 Å². The van der Waals surface area contributed by atoms with E-state index in [1.807, 2.05) is 12.1 Å². The zero-order valence-corrected chi connectivity index (χ0v) is 20.2. The minimum Gasteiger partial charge on any atom is -0.393 e. The van der Waals surface area contributed by atoms with Crippen LogP contribution in [0.15, 0.2) is 41.2 Å². The van der Waals surface area contributed by atoms with Gasteiger partial charge in [0.25, 0.3) is 5.56 Å². The van der Waals surface area contributed by atoms with Crippen LogP contribution in [0.25, 0.3) is 16.6 Å². The van der Waals surface area contributed by atoms with E-state index < -0.39 is 0 Å². The van der Waals surface area contributed by atoms with Crippen molar-refractivity contribution >= 4 is 28.2 Å². The molecule has 4 aliphatic rings. The second kappa shape index (κ2) is 7.32. The third kappa shape index (κ3) is 2.83. The van der Waals surface area contributed by atoms with E-state index >= 15 is 0 Å². The molecule has 0 unspecified atom stereocenters. The van der Waals surface area contributed by atoms with Gasteiger partial charge < -0.3 is 10.0 Å². The number of nitrogens with zero attached hydrogens (tertiary/aromatic N) is 3. The van der Waals surface area contributed by atoms with Crippen molar-refractivity contribution in [1.82, 2.24) is 9.55 Å². The van der Waals surface area contributed by atoms with Crippen molar-refractivity contribution < 1.29 is 5.11 Å². The van der Waals surface area contributed by atoms with Crippen molar-refractivity contribution in [3.8, 4) is 5.69 Å². The molecule has 2 aliphatic heterocycles. The number of hydrogen-bond donors (Lipinski definition) is 1. The van der Waals surface area contributed by atoms with Crippen LogP contribution in [0.4, 0.5) is 5.69 Å². The number of aromatic nitrogens is 2. The number of halogens is 1. The molecule has 0 atom stereocenters. The number of anilines is 1. The highest BCUT2D eigenvalue weighted by atomic mass is 35.5. The SMILES string of the molecule is O=c1nc2n(c3cccc(Cl)c13)-c1ccc(N3CCC4(CC3)CC(O)C4)cc1C21CCCCC1. The Labute approximate surface area is 204 Å². The van der Waals surface area contributed by atoms with E-state index in [1.165, 1.54) is 17.7 Å². The molecule has 7 rings (SSSR count). The fourth-order valence-electron chi connectivity index (χ4n) is 7.45. The Morgan fingerprint density at radius 3 is 2.50 bits per heavy atom. The van der Waals surface area contributed by atoms with Crippen molar-refractivity contribution in [2.45, 2.75) is 69.3 Å². The van der Waals surface area contributed by atoms with Crippen LogP contribution in [0.3, 0.4) is 0 Å². The molecule has 2 aromatic carbocycles. The first kappa shape index (κ1) is 21.0. The average Bonchev–Trinajstić information content (AvgIpc) is 3.08. The summed E-state index contributed by atoms with van der Waals surface area (Å²) in [5.41, 5.74) is 4.57. The quantitative estimate of drug-likeness (QED) is 0.515. The molecule has 0 radical (unpaired) electrons. The maximum Gasteiger partial charge on any atom is 0.282 e. The van der Waals surface area contributed by atoms with Crippen molar-refractivity contribution in [2.24, 2.45) is 5.41 Å². The molecule has 0 bridgehead atoms. The molecule has 2 spiro atoms. The molecule has 1 aromatic heterocycles. The van der Waals surface area contributed by atoms with E-state index in [0.717, 1.165) is 81.5 Å². The van der Waals surface area contributed by atoms with E-state index in [2.05, 4.69) is 27.7 Å². The second-order valence-corrected chi connectivity index (χ2v) is 11.5. The van der Waals surface area contributed by atoms with Gasteiger partial charge >= 0.3 is 0 Å². The highest BCUT2D eigenvalue weighted by Crippen LogP contribution is 2.53. The van der Waals surface area contributed by atoms with Gasteiger partial charge in [-0.1, -0.05) is 36.9 Å². The Morgan fingerprint density at radius 1 is 1.00 bits per heavy atom. The monoisotopic (exact) mass is 475 g/mol. The summed E-state index contributed by atoms with van der Waals surface area (Å²) in [4.78, 5) is 20.4. The lowest BCUT2D eigenvalue weighted by Crippen LogP contribution is -2.49. The molecule has 2 saturated carbocycles. The van der Waals surface area contributed by atoms with Crippen LogP contribution in [0.2, 0.25) is 5.02 Å². The number of benzene rings is 2. The van der Waals surface area contributed by atoms with Gasteiger partial charge in [0, 0.05) is 18.8 Å². The van der Waals surface area contributed by atoms with Gasteiger partial charge in [-0.2, -0.15) is 4.98 Å². The van der Waals surface area contributed by atoms with Gasteiger partial charge in [-0.3, -0.25) is 9.36 Å². The van der Waals surface area contributed by atoms with E-state index in [1.54, 1.807) is 6.07 Å². The lowest BCUT2D eigenvalue weighted by molar-refractivity contribution is -0.0463. The van der Waals surface area contributed by atoms with Crippen molar-refractivity contribution in [3.63, 3.8) is 0 Å². The zero-order chi connectivity index (χ0) is 23.1. The van der Waals surface area contributed by atoms with E-state index in [0.29, 0.717) is 15.8 Å². The Hall–Kier alpha value is -2.37. The van der Waals surface area contributed by atoms with E-state index in [-0.39, 0.29) is 17.1 Å². The lowest BCUT2D eigenvalue weighted by Gasteiger charge is -2.51. The smallest absolute Gasteiger partial charge is 0.282 e. The largest absolute Gasteiger partial charge is 0.393 e. The Balaban J connectivity index is 1.36. The molecule has 2 aliphatic carbocycles. The number of rotatable bonds is 1. The number of aliphatic hydroxyl groups is 1. The van der Waals surface area contributed by atoms with Gasteiger partial charge in [0.2, 0.25) is 0 Å². The third-order valence-electron chi connectivity index (χ3n) is 9.26. The summed E-state index contributed by atoms with van der Waals surface area (Å²) < 4.78 is 2.22. The minimum atomic E-state index is -0.214. The van der Waals surface area contributed by atoms with Gasteiger partial charge in [0.05, 0.1) is 33.1 Å². The molecule has 1 N–H and O–H groups in total. The number of hydrogen-bond acceptors (Lipinski definition) is 4. The summed E-state index contributed by atoms with van der Waals surface area (Å²) in [6.45, 7) is 2.08. The molecule has 3 heterocycles. The summed E-state index contributed by atoms with van der Waals surface area (Å²) in [5, 5.41) is 10.8. The molecular weight excluding hydrogens is 446 g/mol. The predicted molar refractivity (Wildman–Crippen MR) is 135 cm³/mol. The number of fused-ring (bicyclic) bond motifs is 7. The Bertz CT molecular complexity index is 1360. The summed E-state index contributed by atoms with van der Waals surface area (Å²) in [7, 11) is 0. The van der Waals surface area contributed by atoms with Crippen LogP contribution < -0.4 is 10.5 Å². The molecule has 3 aromatic rings. The third-order valence-corrected chi connectivity index (χ3v) is 9.58. The zero-order valence-electron chi connectivity index (χ0n) is 19.4. The van der Waals surface area contributed by atoms with Crippen LogP contribution in [0, 0.1) is 5.41 Å². The standard InChI is InChI=1S/C28H30ClN3O2/c29-21-5-4-6-23-24(21)25(34)30-26-28(9-2-1-3-10-28)20-15-18(7-8-22(20)32(23)26)31-13-11-27(12-14-31)16-19(33)17-27/h4-8,15,19,33H,1-3,9-14,16-17H2. The fourth-order valence-corrected chi connectivity index (χ4v) is 7.70. The first-order chi connectivity index (χ1) is 16.5. The van der Waals surface area contributed by atoms with Crippen LogP contribution in [-0.4, -0.2) is 33.9 Å². The highest BCUT2D eigenvalue weighted by molar-refractivity contribution is 6.35. The molecular formula is C28H30ClN3O2. The Kier molecular flexibility index (Phi) is 4.51. The summed E-state index contributed by atoms with van der Waals surface area (Å²) in [5.74, 6) is 0.903. The van der Waals surface area contributed by atoms with Crippen LogP contribution in [0.1, 0.15) is 69.2 Å². The summed E-state index contributed by atoms with van der Waals surface area (Å²) >= 11 is 6.47. The summed E-state index contributed by atoms with van der Waals surface area (Å²) in [6, 6.07) is 12.6.